The molecule has 1 rings (SSSR count). The normalized spacial score (nSPS) is 10.5. The lowest BCUT2D eigenvalue weighted by Crippen LogP contribution is -2.17. The van der Waals surface area contributed by atoms with Crippen molar-refractivity contribution in [3.8, 4) is 0 Å². The topological polar surface area (TPSA) is 45.2 Å². The van der Waals surface area contributed by atoms with Crippen LogP contribution in [0.1, 0.15) is 31.0 Å². The molecular weight excluding hydrogens is 188 g/mol. The third kappa shape index (κ3) is 4.40. The van der Waals surface area contributed by atoms with Crippen molar-refractivity contribution < 1.29 is 5.11 Å². The molecule has 84 valence electrons. The molecule has 0 unspecified atom stereocenters. The molecule has 0 aliphatic heterocycles. The molecule has 0 radical (unpaired) electrons. The van der Waals surface area contributed by atoms with E-state index in [1.807, 2.05) is 12.3 Å². The summed E-state index contributed by atoms with van der Waals surface area (Å²) in [5.74, 6) is 0. The molecule has 0 aliphatic carbocycles. The molecule has 1 aromatic heterocycles. The Labute approximate surface area is 91.5 Å². The SMILES string of the molecule is CCc1cccnc1CNCCCCO. The molecule has 0 atom stereocenters. The van der Waals surface area contributed by atoms with Gasteiger partial charge in [-0.25, -0.2) is 0 Å². The highest BCUT2D eigenvalue weighted by Crippen LogP contribution is 2.05. The summed E-state index contributed by atoms with van der Waals surface area (Å²) in [4.78, 5) is 4.36. The number of hydrogen-bond donors (Lipinski definition) is 2. The van der Waals surface area contributed by atoms with Gasteiger partial charge in [0.25, 0.3) is 0 Å². The van der Waals surface area contributed by atoms with Gasteiger partial charge in [-0.3, -0.25) is 4.98 Å². The number of pyridine rings is 1. The number of nitrogens with zero attached hydrogens (tertiary/aromatic N) is 1. The minimum absolute atomic E-state index is 0.283. The summed E-state index contributed by atoms with van der Waals surface area (Å²) >= 11 is 0. The minimum Gasteiger partial charge on any atom is -0.396 e. The van der Waals surface area contributed by atoms with Crippen molar-refractivity contribution in [2.24, 2.45) is 0 Å². The number of unbranched alkanes of at least 4 members (excludes halogenated alkanes) is 1. The predicted molar refractivity (Wildman–Crippen MR) is 61.6 cm³/mol. The highest BCUT2D eigenvalue weighted by Gasteiger charge is 1.99. The standard InChI is InChI=1S/C12H20N2O/c1-2-11-6-5-8-14-12(11)10-13-7-3-4-9-15/h5-6,8,13,15H,2-4,7,9-10H2,1H3. The molecule has 1 heterocycles. The van der Waals surface area contributed by atoms with E-state index in [2.05, 4.69) is 23.3 Å². The van der Waals surface area contributed by atoms with Crippen molar-refractivity contribution in [3.05, 3.63) is 29.6 Å². The van der Waals surface area contributed by atoms with Crippen LogP contribution in [0, 0.1) is 0 Å². The summed E-state index contributed by atoms with van der Waals surface area (Å²) in [5, 5.41) is 12.0. The summed E-state index contributed by atoms with van der Waals surface area (Å²) < 4.78 is 0. The molecule has 0 spiro atoms. The van der Waals surface area contributed by atoms with Crippen LogP contribution < -0.4 is 5.32 Å². The van der Waals surface area contributed by atoms with Gasteiger partial charge < -0.3 is 10.4 Å². The van der Waals surface area contributed by atoms with E-state index in [4.69, 9.17) is 5.11 Å². The van der Waals surface area contributed by atoms with Crippen molar-refractivity contribution in [2.45, 2.75) is 32.7 Å². The fraction of sp³-hybridized carbons (Fsp3) is 0.583. The summed E-state index contributed by atoms with van der Waals surface area (Å²) in [6, 6.07) is 4.10. The number of rotatable bonds is 7. The van der Waals surface area contributed by atoms with Crippen LogP contribution in [0.25, 0.3) is 0 Å². The van der Waals surface area contributed by atoms with Gasteiger partial charge in [-0.05, 0) is 37.4 Å². The van der Waals surface area contributed by atoms with Crippen LogP contribution in [0.5, 0.6) is 0 Å². The Bertz CT molecular complexity index is 276. The molecule has 0 aromatic carbocycles. The monoisotopic (exact) mass is 208 g/mol. The number of aryl methyl sites for hydroxylation is 1. The molecular formula is C12H20N2O. The fourth-order valence-corrected chi connectivity index (χ4v) is 1.52. The van der Waals surface area contributed by atoms with Gasteiger partial charge in [-0.1, -0.05) is 13.0 Å². The largest absolute Gasteiger partial charge is 0.396 e. The number of aliphatic hydroxyl groups excluding tert-OH is 1. The van der Waals surface area contributed by atoms with Gasteiger partial charge in [-0.2, -0.15) is 0 Å². The molecule has 0 amide bonds. The zero-order valence-electron chi connectivity index (χ0n) is 9.37. The summed E-state index contributed by atoms with van der Waals surface area (Å²) in [6.07, 6.45) is 4.76. The Hall–Kier alpha value is -0.930. The maximum atomic E-state index is 8.62. The van der Waals surface area contributed by atoms with E-state index in [0.717, 1.165) is 38.0 Å². The minimum atomic E-state index is 0.283. The summed E-state index contributed by atoms with van der Waals surface area (Å²) in [7, 11) is 0. The van der Waals surface area contributed by atoms with Gasteiger partial charge in [0, 0.05) is 19.3 Å². The Balaban J connectivity index is 2.30. The lowest BCUT2D eigenvalue weighted by atomic mass is 10.1. The Kier molecular flexibility index (Phi) is 5.97. The first-order valence-electron chi connectivity index (χ1n) is 5.62. The van der Waals surface area contributed by atoms with Gasteiger partial charge in [0.15, 0.2) is 0 Å². The molecule has 1 aromatic rings. The zero-order chi connectivity index (χ0) is 10.9. The average molecular weight is 208 g/mol. The van der Waals surface area contributed by atoms with Crippen LogP contribution >= 0.6 is 0 Å². The van der Waals surface area contributed by atoms with Crippen molar-refractivity contribution >= 4 is 0 Å². The van der Waals surface area contributed by atoms with E-state index >= 15 is 0 Å². The van der Waals surface area contributed by atoms with E-state index < -0.39 is 0 Å². The van der Waals surface area contributed by atoms with E-state index in [9.17, 15) is 0 Å². The Morgan fingerprint density at radius 2 is 2.27 bits per heavy atom. The molecule has 0 saturated heterocycles. The molecule has 2 N–H and O–H groups in total. The maximum absolute atomic E-state index is 8.62. The molecule has 3 heteroatoms. The first-order valence-corrected chi connectivity index (χ1v) is 5.62. The van der Waals surface area contributed by atoms with Crippen LogP contribution in [-0.2, 0) is 13.0 Å². The highest BCUT2D eigenvalue weighted by atomic mass is 16.2. The van der Waals surface area contributed by atoms with Crippen molar-refractivity contribution in [3.63, 3.8) is 0 Å². The van der Waals surface area contributed by atoms with Crippen molar-refractivity contribution in [1.82, 2.24) is 10.3 Å². The van der Waals surface area contributed by atoms with Gasteiger partial charge >= 0.3 is 0 Å². The zero-order valence-corrected chi connectivity index (χ0v) is 9.37. The number of aromatic nitrogens is 1. The van der Waals surface area contributed by atoms with Gasteiger partial charge in [-0.15, -0.1) is 0 Å². The molecule has 0 fully saturated rings. The molecule has 0 aliphatic rings. The van der Waals surface area contributed by atoms with Crippen LogP contribution in [0.3, 0.4) is 0 Å². The van der Waals surface area contributed by atoms with Crippen LogP contribution in [0.15, 0.2) is 18.3 Å². The molecule has 15 heavy (non-hydrogen) atoms. The molecule has 0 saturated carbocycles. The van der Waals surface area contributed by atoms with E-state index in [-0.39, 0.29) is 6.61 Å². The van der Waals surface area contributed by atoms with Gasteiger partial charge in [0.05, 0.1) is 5.69 Å². The second-order valence-corrected chi connectivity index (χ2v) is 3.57. The summed E-state index contributed by atoms with van der Waals surface area (Å²) in [5.41, 5.74) is 2.45. The first kappa shape index (κ1) is 12.1. The Morgan fingerprint density at radius 1 is 1.40 bits per heavy atom. The van der Waals surface area contributed by atoms with Crippen LogP contribution in [0.4, 0.5) is 0 Å². The van der Waals surface area contributed by atoms with Gasteiger partial charge in [0.1, 0.15) is 0 Å². The second kappa shape index (κ2) is 7.37. The lowest BCUT2D eigenvalue weighted by molar-refractivity contribution is 0.283. The number of hydrogen-bond acceptors (Lipinski definition) is 3. The van der Waals surface area contributed by atoms with E-state index in [1.165, 1.54) is 5.56 Å². The third-order valence-corrected chi connectivity index (χ3v) is 2.42. The maximum Gasteiger partial charge on any atom is 0.0573 e. The van der Waals surface area contributed by atoms with E-state index in [0.29, 0.717) is 0 Å². The van der Waals surface area contributed by atoms with E-state index in [1.54, 1.807) is 0 Å². The van der Waals surface area contributed by atoms with Crippen molar-refractivity contribution in [1.29, 1.82) is 0 Å². The molecule has 0 bridgehead atoms. The third-order valence-electron chi connectivity index (χ3n) is 2.42. The number of nitrogens with one attached hydrogen (secondary N) is 1. The number of aliphatic hydroxyl groups is 1. The first-order chi connectivity index (χ1) is 7.38. The lowest BCUT2D eigenvalue weighted by Gasteiger charge is -2.07. The Morgan fingerprint density at radius 3 is 3.00 bits per heavy atom. The molecule has 3 nitrogen and oxygen atoms in total. The van der Waals surface area contributed by atoms with Crippen molar-refractivity contribution in [2.75, 3.05) is 13.2 Å². The van der Waals surface area contributed by atoms with Crippen LogP contribution in [0.2, 0.25) is 0 Å². The fourth-order valence-electron chi connectivity index (χ4n) is 1.52. The quantitative estimate of drug-likeness (QED) is 0.668. The smallest absolute Gasteiger partial charge is 0.0573 e. The van der Waals surface area contributed by atoms with Gasteiger partial charge in [0.2, 0.25) is 0 Å². The van der Waals surface area contributed by atoms with Crippen LogP contribution in [-0.4, -0.2) is 23.2 Å². The second-order valence-electron chi connectivity index (χ2n) is 3.57. The average Bonchev–Trinajstić information content (AvgIpc) is 2.29. The summed E-state index contributed by atoms with van der Waals surface area (Å²) in [6.45, 7) is 4.20. The predicted octanol–water partition coefficient (Wildman–Crippen LogP) is 1.51. The highest BCUT2D eigenvalue weighted by molar-refractivity contribution is 5.19.